The van der Waals surface area contributed by atoms with Crippen molar-refractivity contribution in [3.63, 3.8) is 0 Å². The standard InChI is InChI=1S/3CH4O.CH3O.BH3O3.Li/c4*1-2;2-1(3)4;/h3*2H,1H3;1H3;2-4H;/q;;;-1;;+1. The van der Waals surface area contributed by atoms with Gasteiger partial charge in [-0.2, -0.15) is 7.11 Å². The zero-order chi connectivity index (χ0) is 11.6. The maximum atomic E-state index is 8.25. The molecule has 0 amide bonds. The summed E-state index contributed by atoms with van der Waals surface area (Å²) in [7, 11) is 1.58. The molecule has 0 unspecified atom stereocenters. The summed E-state index contributed by atoms with van der Waals surface area (Å²) in [5.74, 6) is 0. The van der Waals surface area contributed by atoms with E-state index in [0.29, 0.717) is 0 Å². The first-order valence-electron chi connectivity index (χ1n) is 2.52. The number of aliphatic hydroxyl groups is 3. The Kier molecular flexibility index (Phi) is 406. The normalized spacial score (nSPS) is 3.92. The summed E-state index contributed by atoms with van der Waals surface area (Å²) in [5, 5.41) is 50.7. The average molecular weight is 196 g/mol. The Balaban J connectivity index is -0.0000000122. The van der Waals surface area contributed by atoms with Crippen LogP contribution in [-0.4, -0.2) is 66.2 Å². The molecule has 0 aromatic heterocycles. The molecule has 0 bridgehead atoms. The van der Waals surface area contributed by atoms with E-state index >= 15 is 0 Å². The first-order chi connectivity index (χ1) is 5.73. The van der Waals surface area contributed by atoms with E-state index in [2.05, 4.69) is 0 Å². The van der Waals surface area contributed by atoms with Gasteiger partial charge >= 0.3 is 26.2 Å². The van der Waals surface area contributed by atoms with Crippen LogP contribution in [0.4, 0.5) is 0 Å². The molecule has 0 aromatic carbocycles. The fraction of sp³-hybridized carbons (Fsp3) is 1.00. The van der Waals surface area contributed by atoms with Crippen LogP contribution in [0.25, 0.3) is 0 Å². The third-order valence-corrected chi connectivity index (χ3v) is 0. The van der Waals surface area contributed by atoms with Gasteiger partial charge in [0.05, 0.1) is 0 Å². The predicted octanol–water partition coefficient (Wildman–Crippen LogP) is -7.25. The van der Waals surface area contributed by atoms with Gasteiger partial charge < -0.3 is 35.5 Å². The largest absolute Gasteiger partial charge is 1.00 e. The van der Waals surface area contributed by atoms with Gasteiger partial charge in [0.2, 0.25) is 0 Å². The Hall–Kier alpha value is 0.382. The van der Waals surface area contributed by atoms with E-state index in [-0.39, 0.29) is 18.9 Å². The Labute approximate surface area is 90.6 Å². The molecule has 0 atom stereocenters. The van der Waals surface area contributed by atoms with E-state index in [1.54, 1.807) is 0 Å². The van der Waals surface area contributed by atoms with Crippen molar-refractivity contribution < 1.29 is 54.4 Å². The van der Waals surface area contributed by atoms with E-state index in [1.807, 2.05) is 0 Å². The summed E-state index contributed by atoms with van der Waals surface area (Å²) in [6, 6.07) is 0. The number of aliphatic hydroxyl groups excluding tert-OH is 3. The van der Waals surface area contributed by atoms with Crippen molar-refractivity contribution in [1.29, 1.82) is 0 Å². The number of hydrogen-bond acceptors (Lipinski definition) is 7. The second-order valence-electron chi connectivity index (χ2n) is 0.346. The Morgan fingerprint density at radius 3 is 0.692 bits per heavy atom. The van der Waals surface area contributed by atoms with E-state index < -0.39 is 7.32 Å². The molecule has 0 aliphatic carbocycles. The smallest absolute Gasteiger partial charge is 0.857 e. The molecular weight excluding hydrogens is 178 g/mol. The first-order valence-corrected chi connectivity index (χ1v) is 2.52. The zero-order valence-corrected chi connectivity index (χ0v) is 8.67. The number of rotatable bonds is 0. The van der Waals surface area contributed by atoms with Crippen LogP contribution in [0.2, 0.25) is 0 Å². The minimum absolute atomic E-state index is 0. The summed E-state index contributed by atoms with van der Waals surface area (Å²) in [4.78, 5) is 0. The minimum atomic E-state index is -2.17. The van der Waals surface area contributed by atoms with Gasteiger partial charge in [-0.3, -0.25) is 0 Å². The Morgan fingerprint density at radius 2 is 0.692 bits per heavy atom. The van der Waals surface area contributed by atoms with Crippen LogP contribution in [0.3, 0.4) is 0 Å². The molecule has 9 heteroatoms. The molecule has 7 nitrogen and oxygen atoms in total. The van der Waals surface area contributed by atoms with Crippen molar-refractivity contribution in [3.8, 4) is 0 Å². The van der Waals surface area contributed by atoms with Crippen LogP contribution >= 0.6 is 0 Å². The van der Waals surface area contributed by atoms with E-state index in [4.69, 9.17) is 35.5 Å². The second kappa shape index (κ2) is 140. The van der Waals surface area contributed by atoms with Crippen molar-refractivity contribution >= 4 is 7.32 Å². The van der Waals surface area contributed by atoms with Gasteiger partial charge in [0.25, 0.3) is 0 Å². The fourth-order valence-electron chi connectivity index (χ4n) is 0. The molecule has 0 aliphatic heterocycles. The molecule has 0 aromatic rings. The Morgan fingerprint density at radius 1 is 0.692 bits per heavy atom. The van der Waals surface area contributed by atoms with Crippen molar-refractivity contribution in [2.75, 3.05) is 28.4 Å². The molecule has 0 spiro atoms. The number of hydrogen-bond donors (Lipinski definition) is 6. The summed E-state index contributed by atoms with van der Waals surface area (Å²) in [6.07, 6.45) is 0. The molecule has 0 aliphatic rings. The topological polar surface area (TPSA) is 144 Å². The van der Waals surface area contributed by atoms with Gasteiger partial charge in [-0.1, -0.05) is 0 Å². The van der Waals surface area contributed by atoms with Crippen molar-refractivity contribution in [2.45, 2.75) is 0 Å². The zero-order valence-electron chi connectivity index (χ0n) is 8.67. The van der Waals surface area contributed by atoms with Crippen LogP contribution in [-0.2, 0) is 0 Å². The maximum absolute atomic E-state index is 8.25. The van der Waals surface area contributed by atoms with Crippen molar-refractivity contribution in [1.82, 2.24) is 0 Å². The SMILES string of the molecule is CO.CO.CO.C[O-].OB(O)O.[Li+]. The summed E-state index contributed by atoms with van der Waals surface area (Å²) < 4.78 is 0. The van der Waals surface area contributed by atoms with Crippen molar-refractivity contribution in [2.24, 2.45) is 0 Å². The maximum Gasteiger partial charge on any atom is 1.00 e. The first kappa shape index (κ1) is 37.6. The van der Waals surface area contributed by atoms with Gasteiger partial charge in [0, 0.05) is 21.3 Å². The quantitative estimate of drug-likeness (QED) is 0.211. The third kappa shape index (κ3) is 9130. The second-order valence-corrected chi connectivity index (χ2v) is 0.346. The van der Waals surface area contributed by atoms with Gasteiger partial charge in [0.15, 0.2) is 0 Å². The molecule has 0 rings (SSSR count). The monoisotopic (exact) mass is 196 g/mol. The molecule has 6 N–H and O–H groups in total. The molecule has 80 valence electrons. The van der Waals surface area contributed by atoms with E-state index in [9.17, 15) is 0 Å². The predicted molar refractivity (Wildman–Crippen MR) is 42.8 cm³/mol. The van der Waals surface area contributed by atoms with Gasteiger partial charge in [0.1, 0.15) is 0 Å². The third-order valence-electron chi connectivity index (χ3n) is 0. The molecule has 0 saturated carbocycles. The van der Waals surface area contributed by atoms with Crippen LogP contribution in [0.5, 0.6) is 0 Å². The summed E-state index contributed by atoms with van der Waals surface area (Å²) >= 11 is 0. The van der Waals surface area contributed by atoms with Crippen LogP contribution in [0.1, 0.15) is 0 Å². The van der Waals surface area contributed by atoms with Crippen LogP contribution < -0.4 is 24.0 Å². The molecule has 0 fully saturated rings. The van der Waals surface area contributed by atoms with Gasteiger partial charge in [-0.15, -0.1) is 0 Å². The molecule has 0 heterocycles. The van der Waals surface area contributed by atoms with Gasteiger partial charge in [-0.25, -0.2) is 0 Å². The molecule has 13 heavy (non-hydrogen) atoms. The van der Waals surface area contributed by atoms with Crippen LogP contribution in [0.15, 0.2) is 0 Å². The average Bonchev–Trinajstić information content (AvgIpc) is 2.16. The Bertz CT molecular complexity index is 25.2. The fourth-order valence-corrected chi connectivity index (χ4v) is 0. The van der Waals surface area contributed by atoms with Gasteiger partial charge in [-0.05, 0) is 0 Å². The van der Waals surface area contributed by atoms with E-state index in [0.717, 1.165) is 28.4 Å². The molecular formula is C4H18BLiO7. The van der Waals surface area contributed by atoms with Crippen molar-refractivity contribution in [3.05, 3.63) is 0 Å². The van der Waals surface area contributed by atoms with Crippen LogP contribution in [0, 0.1) is 0 Å². The molecule has 0 saturated heterocycles. The summed E-state index contributed by atoms with van der Waals surface area (Å²) in [6.45, 7) is 0. The summed E-state index contributed by atoms with van der Waals surface area (Å²) in [5.41, 5.74) is 0. The minimum Gasteiger partial charge on any atom is -0.857 e. The van der Waals surface area contributed by atoms with E-state index in [1.165, 1.54) is 0 Å². The molecule has 0 radical (unpaired) electrons.